The Balaban J connectivity index is 1.08. The Bertz CT molecular complexity index is 3470. The molecule has 9 aromatic rings. The van der Waals surface area contributed by atoms with Gasteiger partial charge in [-0.3, -0.25) is 13.5 Å². The first-order valence-electron chi connectivity index (χ1n) is 25.1. The van der Waals surface area contributed by atoms with Crippen molar-refractivity contribution in [2.45, 2.75) is 105 Å². The molecule has 12 rings (SSSR count). The highest BCUT2D eigenvalue weighted by molar-refractivity contribution is 6.11. The van der Waals surface area contributed by atoms with Crippen LogP contribution in [0.2, 0.25) is 0 Å². The molecule has 0 unspecified atom stereocenters. The van der Waals surface area contributed by atoms with E-state index < -0.39 is 0 Å². The molecule has 0 N–H and O–H groups in total. The van der Waals surface area contributed by atoms with Crippen LogP contribution < -0.4 is 13.7 Å². The van der Waals surface area contributed by atoms with E-state index in [0.29, 0.717) is 8.97 Å². The normalized spacial score (nSPS) is 18.0. The van der Waals surface area contributed by atoms with E-state index >= 15 is 0 Å². The van der Waals surface area contributed by atoms with Crippen LogP contribution in [0, 0.1) is 6.67 Å². The molecule has 5 heteroatoms. The standard InChI is InChI=1S/C65H67N4O/c1-62(2,3)45-24-18-23-44(33-45)52-28-20-30-58-61(52)69(50-35-47(64(7,8)9)34-48(36-50)65(10,11)12)41-68(58,42-69)49-25-19-26-51(38-49)70-59-40-57-55(39-54(59)43-21-14-13-15-22-43)53-27-16-17-29-56(53)67(57)60-37-46(31-32-66-60)63(4,5)6/h13-41H,42H2,1-12H3/q+1/t68-,69+/m1/s1. The maximum Gasteiger partial charge on any atom is 0.188 e. The number of pyridine rings is 1. The van der Waals surface area contributed by atoms with Crippen LogP contribution in [-0.4, -0.2) is 16.2 Å². The molecular formula is C65H67N4O+. The highest BCUT2D eigenvalue weighted by atomic mass is 16.5. The van der Waals surface area contributed by atoms with Crippen LogP contribution >= 0.6 is 0 Å². The summed E-state index contributed by atoms with van der Waals surface area (Å²) in [5.41, 5.74) is 17.2. The van der Waals surface area contributed by atoms with E-state index in [9.17, 15) is 0 Å². The Morgan fingerprint density at radius 3 is 1.80 bits per heavy atom. The largest absolute Gasteiger partial charge is 0.456 e. The molecule has 3 aliphatic rings. The first kappa shape index (κ1) is 45.6. The van der Waals surface area contributed by atoms with Gasteiger partial charge in [-0.15, -0.1) is 0 Å². The van der Waals surface area contributed by atoms with Crippen molar-refractivity contribution in [1.82, 2.24) is 18.5 Å². The highest BCUT2D eigenvalue weighted by Crippen LogP contribution is 2.68. The van der Waals surface area contributed by atoms with Crippen molar-refractivity contribution in [2.75, 3.05) is 6.67 Å². The summed E-state index contributed by atoms with van der Waals surface area (Å²) < 4.78 is 10.9. The molecule has 0 aliphatic carbocycles. The first-order chi connectivity index (χ1) is 33.1. The van der Waals surface area contributed by atoms with Crippen LogP contribution in [0.5, 0.6) is 11.5 Å². The van der Waals surface area contributed by atoms with Crippen molar-refractivity contribution in [3.63, 3.8) is 0 Å². The number of hydrogen-bond acceptors (Lipinski definition) is 2. The van der Waals surface area contributed by atoms with Crippen LogP contribution in [0.4, 0.5) is 22.7 Å². The van der Waals surface area contributed by atoms with E-state index in [0.717, 1.165) is 51.5 Å². The Morgan fingerprint density at radius 2 is 1.10 bits per heavy atom. The Morgan fingerprint density at radius 1 is 0.471 bits per heavy atom. The molecule has 2 atom stereocenters. The average molecular weight is 920 g/mol. The molecule has 7 aromatic carbocycles. The Kier molecular flexibility index (Phi) is 10.3. The van der Waals surface area contributed by atoms with Gasteiger partial charge in [0, 0.05) is 58.4 Å². The number of hydrogen-bond donors (Lipinski definition) is 0. The van der Waals surface area contributed by atoms with E-state index in [1.54, 1.807) is 0 Å². The van der Waals surface area contributed by atoms with Crippen LogP contribution in [-0.2, 0) is 21.7 Å². The molecule has 3 aliphatic heterocycles. The third-order valence-electron chi connectivity index (χ3n) is 15.0. The fourth-order valence-corrected chi connectivity index (χ4v) is 11.0. The smallest absolute Gasteiger partial charge is 0.188 e. The second-order valence-corrected chi connectivity index (χ2v) is 24.1. The van der Waals surface area contributed by atoms with Gasteiger partial charge in [0.15, 0.2) is 18.0 Å². The molecule has 0 radical (unpaired) electrons. The lowest BCUT2D eigenvalue weighted by molar-refractivity contribution is 0.187. The Hall–Kier alpha value is -6.79. The highest BCUT2D eigenvalue weighted by Gasteiger charge is 2.64. The van der Waals surface area contributed by atoms with Crippen LogP contribution in [0.1, 0.15) is 105 Å². The van der Waals surface area contributed by atoms with E-state index in [-0.39, 0.29) is 21.7 Å². The zero-order valence-corrected chi connectivity index (χ0v) is 43.1. The van der Waals surface area contributed by atoms with Gasteiger partial charge in [0.05, 0.1) is 17.7 Å². The van der Waals surface area contributed by atoms with Crippen molar-refractivity contribution >= 4 is 44.6 Å². The summed E-state index contributed by atoms with van der Waals surface area (Å²) in [5.74, 6) is 2.48. The third kappa shape index (κ3) is 7.48. The topological polar surface area (TPSA) is 27.1 Å². The van der Waals surface area contributed by atoms with E-state index in [2.05, 4.69) is 258 Å². The van der Waals surface area contributed by atoms with Gasteiger partial charge >= 0.3 is 0 Å². The summed E-state index contributed by atoms with van der Waals surface area (Å²) in [6, 6.07) is 60.7. The van der Waals surface area contributed by atoms with E-state index in [1.165, 1.54) is 61.5 Å². The molecule has 0 saturated carbocycles. The molecule has 1 fully saturated rings. The second kappa shape index (κ2) is 15.9. The maximum atomic E-state index is 7.28. The molecule has 352 valence electrons. The maximum absolute atomic E-state index is 7.28. The van der Waals surface area contributed by atoms with Gasteiger partial charge in [0.1, 0.15) is 28.7 Å². The predicted octanol–water partition coefficient (Wildman–Crippen LogP) is 17.9. The minimum absolute atomic E-state index is 0.0187. The number of benzene rings is 7. The zero-order valence-electron chi connectivity index (χ0n) is 43.1. The van der Waals surface area contributed by atoms with Crippen molar-refractivity contribution < 1.29 is 4.74 Å². The quantitative estimate of drug-likeness (QED) is 0.118. The first-order valence-corrected chi connectivity index (χ1v) is 25.1. The zero-order chi connectivity index (χ0) is 49.2. The van der Waals surface area contributed by atoms with E-state index in [1.807, 2.05) is 6.20 Å². The lowest BCUT2D eigenvalue weighted by Crippen LogP contribution is -2.67. The number of quaternary nitrogens is 2. The van der Waals surface area contributed by atoms with Crippen LogP contribution in [0.25, 0.3) is 49.9 Å². The number of para-hydroxylation sites is 2. The molecule has 2 aromatic heterocycles. The minimum Gasteiger partial charge on any atom is -0.456 e. The van der Waals surface area contributed by atoms with Crippen LogP contribution in [0.15, 0.2) is 170 Å². The van der Waals surface area contributed by atoms with E-state index in [4.69, 9.17) is 9.72 Å². The molecule has 2 bridgehead atoms. The fourth-order valence-electron chi connectivity index (χ4n) is 11.0. The van der Waals surface area contributed by atoms with Crippen LogP contribution in [0.3, 0.4) is 0 Å². The van der Waals surface area contributed by atoms with Gasteiger partial charge in [0.2, 0.25) is 0 Å². The van der Waals surface area contributed by atoms with Crippen molar-refractivity contribution in [2.24, 2.45) is 0 Å². The summed E-state index contributed by atoms with van der Waals surface area (Å²) in [6.07, 6.45) is 1.94. The van der Waals surface area contributed by atoms with Crippen molar-refractivity contribution in [3.8, 4) is 39.6 Å². The summed E-state index contributed by atoms with van der Waals surface area (Å²) >= 11 is 0. The molecule has 5 heterocycles. The van der Waals surface area contributed by atoms with Gasteiger partial charge < -0.3 is 4.74 Å². The van der Waals surface area contributed by atoms with Gasteiger partial charge in [-0.05, 0) is 97.5 Å². The van der Waals surface area contributed by atoms with Gasteiger partial charge in [-0.25, -0.2) is 4.98 Å². The number of nitrogens with zero attached hydrogens (tertiary/aromatic N) is 4. The molecule has 1 saturated heterocycles. The molecule has 0 spiro atoms. The number of rotatable bonds is 7. The number of fused-ring (bicyclic) bond motifs is 3. The molecule has 5 nitrogen and oxygen atoms in total. The molecule has 0 amide bonds. The lowest BCUT2D eigenvalue weighted by Gasteiger charge is -2.56. The Labute approximate surface area is 415 Å². The molecular weight excluding hydrogens is 853 g/mol. The van der Waals surface area contributed by atoms with Gasteiger partial charge in [-0.2, -0.15) is 0 Å². The predicted molar refractivity (Wildman–Crippen MR) is 296 cm³/mol. The monoisotopic (exact) mass is 920 g/mol. The third-order valence-corrected chi connectivity index (χ3v) is 15.0. The van der Waals surface area contributed by atoms with Gasteiger partial charge in [0.25, 0.3) is 0 Å². The second-order valence-electron chi connectivity index (χ2n) is 24.1. The van der Waals surface area contributed by atoms with Crippen molar-refractivity contribution in [3.05, 3.63) is 199 Å². The SMILES string of the molecule is CC(C)(C)c1cccc(-c2cccc3c2[N@@+]2(c4cc(C(C)(C)C)cc(C(C)(C)C)c4)[CH-][N@+]3(c3cccc(Oc4cc5c(cc4-c4ccccc4)c4ccccc4n5-c4cc(C(C)(C)C)ccn4)c3)C2)c1. The van der Waals surface area contributed by atoms with Crippen molar-refractivity contribution in [1.29, 1.82) is 0 Å². The summed E-state index contributed by atoms with van der Waals surface area (Å²) in [6.45, 7) is 31.1. The molecule has 70 heavy (non-hydrogen) atoms. The minimum atomic E-state index is -0.0325. The summed E-state index contributed by atoms with van der Waals surface area (Å²) in [4.78, 5) is 4.99. The number of ether oxygens (including phenoxy) is 1. The fraction of sp³-hybridized carbons (Fsp3) is 0.262. The lowest BCUT2D eigenvalue weighted by atomic mass is 9.80. The summed E-state index contributed by atoms with van der Waals surface area (Å²) in [7, 11) is 0. The van der Waals surface area contributed by atoms with Gasteiger partial charge in [-0.1, -0.05) is 174 Å². The summed E-state index contributed by atoms with van der Waals surface area (Å²) in [5, 5.41) is 2.33. The number of aromatic nitrogens is 2. The average Bonchev–Trinajstić information content (AvgIpc) is 3.92.